The van der Waals surface area contributed by atoms with E-state index in [0.29, 0.717) is 24.8 Å². The van der Waals surface area contributed by atoms with Crippen molar-refractivity contribution in [1.29, 1.82) is 0 Å². The van der Waals surface area contributed by atoms with Gasteiger partial charge in [0.15, 0.2) is 0 Å². The van der Waals surface area contributed by atoms with Gasteiger partial charge in [-0.1, -0.05) is 56.3 Å². The van der Waals surface area contributed by atoms with Crippen LogP contribution in [-0.4, -0.2) is 48.6 Å². The molecule has 2 aliphatic rings. The monoisotopic (exact) mass is 370 g/mol. The molecule has 0 saturated carbocycles. The zero-order valence-corrected chi connectivity index (χ0v) is 16.4. The van der Waals surface area contributed by atoms with E-state index in [0.717, 1.165) is 18.5 Å². The van der Waals surface area contributed by atoms with E-state index in [4.69, 9.17) is 4.74 Å². The molecule has 1 heterocycles. The lowest BCUT2D eigenvalue weighted by Crippen LogP contribution is -2.54. The molecule has 2 unspecified atom stereocenters. The molecule has 5 nitrogen and oxygen atoms in total. The fourth-order valence-corrected chi connectivity index (χ4v) is 4.19. The van der Waals surface area contributed by atoms with Gasteiger partial charge in [-0.05, 0) is 36.7 Å². The number of likely N-dealkylation sites (tertiary alicyclic amines) is 1. The van der Waals surface area contributed by atoms with E-state index >= 15 is 0 Å². The number of hydrogen-bond donors (Lipinski definition) is 1. The summed E-state index contributed by atoms with van der Waals surface area (Å²) in [5.41, 5.74) is 1.13. The van der Waals surface area contributed by atoms with Crippen LogP contribution >= 0.6 is 0 Å². The highest BCUT2D eigenvalue weighted by Gasteiger charge is 2.41. The molecule has 2 bridgehead atoms. The van der Waals surface area contributed by atoms with Crippen LogP contribution in [0.3, 0.4) is 0 Å². The van der Waals surface area contributed by atoms with Crippen LogP contribution in [0.4, 0.5) is 0 Å². The summed E-state index contributed by atoms with van der Waals surface area (Å²) in [6.07, 6.45) is 6.77. The molecule has 0 aromatic heterocycles. The van der Waals surface area contributed by atoms with Crippen LogP contribution in [0.15, 0.2) is 42.5 Å². The molecule has 146 valence electrons. The van der Waals surface area contributed by atoms with Crippen molar-refractivity contribution in [3.05, 3.63) is 48.0 Å². The van der Waals surface area contributed by atoms with Gasteiger partial charge in [-0.25, -0.2) is 4.79 Å². The van der Waals surface area contributed by atoms with Crippen molar-refractivity contribution in [2.45, 2.75) is 51.2 Å². The van der Waals surface area contributed by atoms with E-state index in [1.165, 1.54) is 7.11 Å². The number of esters is 1. The zero-order valence-electron chi connectivity index (χ0n) is 16.4. The van der Waals surface area contributed by atoms with Crippen molar-refractivity contribution in [3.63, 3.8) is 0 Å². The van der Waals surface area contributed by atoms with Crippen LogP contribution in [0.1, 0.15) is 32.3 Å². The normalized spacial score (nSPS) is 23.4. The molecule has 1 N–H and O–H groups in total. The summed E-state index contributed by atoms with van der Waals surface area (Å²) in [7, 11) is 1.37. The van der Waals surface area contributed by atoms with Gasteiger partial charge >= 0.3 is 5.97 Å². The minimum absolute atomic E-state index is 0.0872. The minimum atomic E-state index is -0.601. The lowest BCUT2D eigenvalue weighted by atomic mass is 10.00. The summed E-state index contributed by atoms with van der Waals surface area (Å²) < 4.78 is 4.91. The van der Waals surface area contributed by atoms with Crippen LogP contribution in [-0.2, 0) is 20.7 Å². The van der Waals surface area contributed by atoms with E-state index in [9.17, 15) is 9.59 Å². The second kappa shape index (κ2) is 8.70. The standard InChI is InChI=1S/C22H30N2O3/c1-15(2)11-19(22(26)27-3)23-21(25)20(13-16-7-5-4-6-8-16)24-14-17-9-10-18(24)12-17/h4-10,15,17-20H,11-14H2,1-3H3,(H,23,25)/t17?,18?,19-,20-/m0/s1. The molecule has 1 aliphatic heterocycles. The largest absolute Gasteiger partial charge is 0.467 e. The Morgan fingerprint density at radius 3 is 2.52 bits per heavy atom. The fourth-order valence-electron chi connectivity index (χ4n) is 4.19. The number of fused-ring (bicyclic) bond motifs is 2. The van der Waals surface area contributed by atoms with E-state index in [-0.39, 0.29) is 23.8 Å². The number of carbonyl (C=O) groups is 2. The Morgan fingerprint density at radius 2 is 1.96 bits per heavy atom. The molecule has 3 rings (SSSR count). The van der Waals surface area contributed by atoms with Gasteiger partial charge in [0.05, 0.1) is 13.2 Å². The molecule has 0 radical (unpaired) electrons. The van der Waals surface area contributed by atoms with Crippen LogP contribution in [0, 0.1) is 11.8 Å². The summed E-state index contributed by atoms with van der Waals surface area (Å²) in [5, 5.41) is 2.98. The summed E-state index contributed by atoms with van der Waals surface area (Å²) in [6, 6.07) is 9.51. The number of carbonyl (C=O) groups excluding carboxylic acids is 2. The van der Waals surface area contributed by atoms with Crippen LogP contribution in [0.2, 0.25) is 0 Å². The first-order chi connectivity index (χ1) is 13.0. The highest BCUT2D eigenvalue weighted by molar-refractivity contribution is 5.87. The average Bonchev–Trinajstić information content (AvgIpc) is 3.28. The third-order valence-corrected chi connectivity index (χ3v) is 5.51. The number of methoxy groups -OCH3 is 1. The third kappa shape index (κ3) is 4.78. The molecule has 1 saturated heterocycles. The van der Waals surface area contributed by atoms with Gasteiger partial charge in [-0.3, -0.25) is 9.69 Å². The van der Waals surface area contributed by atoms with Crippen molar-refractivity contribution < 1.29 is 14.3 Å². The first-order valence-electron chi connectivity index (χ1n) is 9.84. The minimum Gasteiger partial charge on any atom is -0.467 e. The molecule has 1 amide bonds. The molecule has 1 fully saturated rings. The number of nitrogens with one attached hydrogen (secondary N) is 1. The van der Waals surface area contributed by atoms with E-state index in [1.807, 2.05) is 32.0 Å². The van der Waals surface area contributed by atoms with Gasteiger partial charge in [0.2, 0.25) is 5.91 Å². The van der Waals surface area contributed by atoms with Crippen molar-refractivity contribution in [1.82, 2.24) is 10.2 Å². The number of amides is 1. The Hall–Kier alpha value is -2.14. The second-order valence-electron chi connectivity index (χ2n) is 8.06. The number of ether oxygens (including phenoxy) is 1. The predicted molar refractivity (Wildman–Crippen MR) is 105 cm³/mol. The van der Waals surface area contributed by atoms with Crippen molar-refractivity contribution in [2.75, 3.05) is 13.7 Å². The first-order valence-corrected chi connectivity index (χ1v) is 9.84. The molecule has 27 heavy (non-hydrogen) atoms. The van der Waals surface area contributed by atoms with Crippen LogP contribution in [0.25, 0.3) is 0 Å². The zero-order chi connectivity index (χ0) is 19.4. The topological polar surface area (TPSA) is 58.6 Å². The predicted octanol–water partition coefficient (Wildman–Crippen LogP) is 2.56. The quantitative estimate of drug-likeness (QED) is 0.564. The lowest BCUT2D eigenvalue weighted by molar-refractivity contribution is -0.146. The van der Waals surface area contributed by atoms with E-state index in [2.05, 4.69) is 34.5 Å². The van der Waals surface area contributed by atoms with Gasteiger partial charge in [-0.2, -0.15) is 0 Å². The van der Waals surface area contributed by atoms with Gasteiger partial charge in [0.25, 0.3) is 0 Å². The lowest BCUT2D eigenvalue weighted by Gasteiger charge is -2.33. The maximum absolute atomic E-state index is 13.2. The van der Waals surface area contributed by atoms with E-state index < -0.39 is 6.04 Å². The Balaban J connectivity index is 1.77. The molecular weight excluding hydrogens is 340 g/mol. The van der Waals surface area contributed by atoms with Gasteiger partial charge in [0, 0.05) is 12.6 Å². The molecule has 5 heteroatoms. The van der Waals surface area contributed by atoms with Gasteiger partial charge in [-0.15, -0.1) is 0 Å². The first kappa shape index (κ1) is 19.6. The SMILES string of the molecule is COC(=O)[C@H](CC(C)C)NC(=O)[C@H](Cc1ccccc1)N1CC2C=CC1C2. The molecule has 4 atom stereocenters. The number of benzene rings is 1. The average molecular weight is 370 g/mol. The maximum atomic E-state index is 13.2. The van der Waals surface area contributed by atoms with Gasteiger partial charge in [0.1, 0.15) is 6.04 Å². The number of hydrogen-bond acceptors (Lipinski definition) is 4. The molecule has 1 aromatic carbocycles. The third-order valence-electron chi connectivity index (χ3n) is 5.51. The number of rotatable bonds is 8. The van der Waals surface area contributed by atoms with Gasteiger partial charge < -0.3 is 10.1 Å². The second-order valence-corrected chi connectivity index (χ2v) is 8.06. The smallest absolute Gasteiger partial charge is 0.328 e. The van der Waals surface area contributed by atoms with Crippen molar-refractivity contribution in [2.24, 2.45) is 11.8 Å². The highest BCUT2D eigenvalue weighted by Crippen LogP contribution is 2.33. The van der Waals surface area contributed by atoms with Crippen LogP contribution < -0.4 is 5.32 Å². The Bertz CT molecular complexity index is 686. The molecule has 1 aromatic rings. The van der Waals surface area contributed by atoms with Crippen molar-refractivity contribution in [3.8, 4) is 0 Å². The van der Waals surface area contributed by atoms with E-state index in [1.54, 1.807) is 0 Å². The molecule has 0 spiro atoms. The Morgan fingerprint density at radius 1 is 1.22 bits per heavy atom. The molecular formula is C22H30N2O3. The maximum Gasteiger partial charge on any atom is 0.328 e. The summed E-state index contributed by atoms with van der Waals surface area (Å²) in [6.45, 7) is 4.97. The summed E-state index contributed by atoms with van der Waals surface area (Å²) in [4.78, 5) is 27.7. The fraction of sp³-hybridized carbons (Fsp3) is 0.545. The van der Waals surface area contributed by atoms with Crippen molar-refractivity contribution >= 4 is 11.9 Å². The Kier molecular flexibility index (Phi) is 6.32. The Labute approximate surface area is 161 Å². The molecule has 1 aliphatic carbocycles. The number of nitrogens with zero attached hydrogens (tertiary/aromatic N) is 1. The van der Waals surface area contributed by atoms with Crippen LogP contribution in [0.5, 0.6) is 0 Å². The summed E-state index contributed by atoms with van der Waals surface area (Å²) >= 11 is 0. The summed E-state index contributed by atoms with van der Waals surface area (Å²) in [5.74, 6) is 0.357. The highest BCUT2D eigenvalue weighted by atomic mass is 16.5.